The number of sulfonamides is 1. The first-order valence-electron chi connectivity index (χ1n) is 6.15. The number of nitrogen functional groups attached to an aromatic ring is 1. The Balaban J connectivity index is 2.62. The molecule has 0 saturated heterocycles. The van der Waals surface area contributed by atoms with E-state index in [-0.39, 0.29) is 35.0 Å². The summed E-state index contributed by atoms with van der Waals surface area (Å²) >= 11 is 5.84. The molecule has 1 rings (SSSR count). The summed E-state index contributed by atoms with van der Waals surface area (Å²) in [6, 6.07) is 2.57. The molecule has 9 heteroatoms. The maximum absolute atomic E-state index is 12.0. The van der Waals surface area contributed by atoms with E-state index in [1.54, 1.807) is 6.92 Å². The van der Waals surface area contributed by atoms with Crippen LogP contribution in [0, 0.1) is 6.92 Å². The lowest BCUT2D eigenvalue weighted by Crippen LogP contribution is -2.25. The van der Waals surface area contributed by atoms with Gasteiger partial charge in [-0.05, 0) is 37.5 Å². The Morgan fingerprint density at radius 3 is 2.43 bits per heavy atom. The molecule has 0 heterocycles. The molecule has 0 aliphatic heterocycles. The molecule has 1 aromatic rings. The number of benzene rings is 1. The summed E-state index contributed by atoms with van der Waals surface area (Å²) in [7, 11) is -3.81. The number of halogens is 4. The lowest BCUT2D eigenvalue weighted by Gasteiger charge is -2.10. The summed E-state index contributed by atoms with van der Waals surface area (Å²) in [6.07, 6.45) is -5.18. The van der Waals surface area contributed by atoms with Gasteiger partial charge in [0.05, 0.1) is 15.6 Å². The number of hydrogen-bond donors (Lipinski definition) is 2. The number of unbranched alkanes of at least 4 members (excludes halogenated alkanes) is 1. The third kappa shape index (κ3) is 5.72. The maximum Gasteiger partial charge on any atom is 0.389 e. The Bertz CT molecular complexity index is 580. The third-order valence-corrected chi connectivity index (χ3v) is 4.70. The zero-order valence-corrected chi connectivity index (χ0v) is 12.9. The SMILES string of the molecule is Cc1cc(S(=O)(=O)NCCCCC(F)(F)F)cc(N)c1Cl. The van der Waals surface area contributed by atoms with Crippen LogP contribution < -0.4 is 10.5 Å². The van der Waals surface area contributed by atoms with Crippen LogP contribution in [0.5, 0.6) is 0 Å². The second-order valence-corrected chi connectivity index (χ2v) is 6.76. The van der Waals surface area contributed by atoms with Crippen molar-refractivity contribution in [3.63, 3.8) is 0 Å². The predicted octanol–water partition coefficient (Wildman–Crippen LogP) is 3.24. The van der Waals surface area contributed by atoms with E-state index < -0.39 is 22.6 Å². The van der Waals surface area contributed by atoms with Crippen LogP contribution in [0.2, 0.25) is 5.02 Å². The van der Waals surface area contributed by atoms with E-state index in [0.717, 1.165) is 0 Å². The van der Waals surface area contributed by atoms with E-state index in [0.29, 0.717) is 5.56 Å². The van der Waals surface area contributed by atoms with Gasteiger partial charge in [-0.3, -0.25) is 0 Å². The average Bonchev–Trinajstić information content (AvgIpc) is 2.33. The molecule has 0 amide bonds. The van der Waals surface area contributed by atoms with E-state index in [4.69, 9.17) is 17.3 Å². The molecular formula is C12H16ClF3N2O2S. The lowest BCUT2D eigenvalue weighted by molar-refractivity contribution is -0.135. The fraction of sp³-hybridized carbons (Fsp3) is 0.500. The molecule has 21 heavy (non-hydrogen) atoms. The number of aryl methyl sites for hydroxylation is 1. The molecule has 1 aromatic carbocycles. The van der Waals surface area contributed by atoms with Crippen LogP contribution in [0.15, 0.2) is 17.0 Å². The zero-order valence-electron chi connectivity index (χ0n) is 11.3. The van der Waals surface area contributed by atoms with Gasteiger partial charge in [-0.1, -0.05) is 11.6 Å². The summed E-state index contributed by atoms with van der Waals surface area (Å²) in [5.74, 6) is 0. The summed E-state index contributed by atoms with van der Waals surface area (Å²) in [4.78, 5) is -0.0577. The average molecular weight is 345 g/mol. The molecule has 3 N–H and O–H groups in total. The summed E-state index contributed by atoms with van der Waals surface area (Å²) in [5, 5.41) is 0.277. The smallest absolute Gasteiger partial charge is 0.389 e. The van der Waals surface area contributed by atoms with E-state index in [1.807, 2.05) is 0 Å². The maximum atomic E-state index is 12.0. The molecule has 0 unspecified atom stereocenters. The number of nitrogens with two attached hydrogens (primary N) is 1. The molecule has 4 nitrogen and oxygen atoms in total. The van der Waals surface area contributed by atoms with Crippen LogP contribution in [-0.2, 0) is 10.0 Å². The van der Waals surface area contributed by atoms with Gasteiger partial charge in [-0.2, -0.15) is 13.2 Å². The summed E-state index contributed by atoms with van der Waals surface area (Å²) in [6.45, 7) is 1.54. The molecule has 0 saturated carbocycles. The van der Waals surface area contributed by atoms with Crippen molar-refractivity contribution >= 4 is 27.3 Å². The van der Waals surface area contributed by atoms with Crippen LogP contribution in [0.25, 0.3) is 0 Å². The van der Waals surface area contributed by atoms with Gasteiger partial charge in [-0.15, -0.1) is 0 Å². The summed E-state index contributed by atoms with van der Waals surface area (Å²) in [5.41, 5.74) is 6.24. The molecule has 0 aromatic heterocycles. The van der Waals surface area contributed by atoms with Gasteiger partial charge >= 0.3 is 6.18 Å². The zero-order chi connectivity index (χ0) is 16.3. The lowest BCUT2D eigenvalue weighted by atomic mass is 10.2. The minimum atomic E-state index is -4.22. The number of rotatable bonds is 6. The molecule has 0 radical (unpaired) electrons. The van der Waals surface area contributed by atoms with Crippen LogP contribution in [0.4, 0.5) is 18.9 Å². The highest BCUT2D eigenvalue weighted by Crippen LogP contribution is 2.27. The molecule has 0 spiro atoms. The van der Waals surface area contributed by atoms with Gasteiger partial charge in [0.1, 0.15) is 0 Å². The number of nitrogens with one attached hydrogen (secondary N) is 1. The van der Waals surface area contributed by atoms with Crippen molar-refractivity contribution in [2.24, 2.45) is 0 Å². The van der Waals surface area contributed by atoms with E-state index >= 15 is 0 Å². The standard InChI is InChI=1S/C12H16ClF3N2O2S/c1-8-6-9(7-10(17)11(8)13)21(19,20)18-5-3-2-4-12(14,15)16/h6-7,18H,2-5,17H2,1H3. The van der Waals surface area contributed by atoms with Crippen molar-refractivity contribution in [2.75, 3.05) is 12.3 Å². The molecule has 120 valence electrons. The Labute approximate surface area is 126 Å². The Morgan fingerprint density at radius 1 is 1.29 bits per heavy atom. The van der Waals surface area contributed by atoms with E-state index in [9.17, 15) is 21.6 Å². The summed E-state index contributed by atoms with van der Waals surface area (Å²) < 4.78 is 62.0. The van der Waals surface area contributed by atoms with Gasteiger partial charge < -0.3 is 5.73 Å². The first-order chi connectivity index (χ1) is 9.53. The molecule has 0 bridgehead atoms. The quantitative estimate of drug-likeness (QED) is 0.614. The Morgan fingerprint density at radius 2 is 1.90 bits per heavy atom. The van der Waals surface area contributed by atoms with Crippen molar-refractivity contribution in [1.29, 1.82) is 0 Å². The van der Waals surface area contributed by atoms with Gasteiger partial charge in [0, 0.05) is 13.0 Å². The number of alkyl halides is 3. The van der Waals surface area contributed by atoms with Crippen molar-refractivity contribution in [2.45, 2.75) is 37.3 Å². The first kappa shape index (κ1) is 18.1. The first-order valence-corrected chi connectivity index (χ1v) is 8.01. The van der Waals surface area contributed by atoms with Crippen molar-refractivity contribution in [3.05, 3.63) is 22.7 Å². The minimum absolute atomic E-state index is 0.0577. The highest BCUT2D eigenvalue weighted by atomic mass is 35.5. The van der Waals surface area contributed by atoms with Crippen LogP contribution in [0.3, 0.4) is 0 Å². The topological polar surface area (TPSA) is 72.2 Å². The fourth-order valence-electron chi connectivity index (χ4n) is 1.66. The van der Waals surface area contributed by atoms with E-state index in [2.05, 4.69) is 4.72 Å². The van der Waals surface area contributed by atoms with Crippen molar-refractivity contribution in [1.82, 2.24) is 4.72 Å². The van der Waals surface area contributed by atoms with Crippen LogP contribution in [0.1, 0.15) is 24.8 Å². The van der Waals surface area contributed by atoms with Crippen molar-refractivity contribution < 1.29 is 21.6 Å². The Kier molecular flexibility index (Phi) is 5.89. The highest BCUT2D eigenvalue weighted by Gasteiger charge is 2.26. The van der Waals surface area contributed by atoms with Crippen LogP contribution in [-0.4, -0.2) is 21.1 Å². The highest BCUT2D eigenvalue weighted by molar-refractivity contribution is 7.89. The molecule has 0 fully saturated rings. The third-order valence-electron chi connectivity index (χ3n) is 2.75. The van der Waals surface area contributed by atoms with Gasteiger partial charge in [0.25, 0.3) is 0 Å². The molecule has 0 atom stereocenters. The van der Waals surface area contributed by atoms with Gasteiger partial charge in [0.15, 0.2) is 0 Å². The molecular weight excluding hydrogens is 329 g/mol. The predicted molar refractivity (Wildman–Crippen MR) is 75.7 cm³/mol. The Hall–Kier alpha value is -0.990. The number of hydrogen-bond acceptors (Lipinski definition) is 3. The molecule has 0 aliphatic carbocycles. The van der Waals surface area contributed by atoms with Gasteiger partial charge in [0.2, 0.25) is 10.0 Å². The second kappa shape index (κ2) is 6.85. The van der Waals surface area contributed by atoms with E-state index in [1.165, 1.54) is 12.1 Å². The number of anilines is 1. The van der Waals surface area contributed by atoms with Gasteiger partial charge in [-0.25, -0.2) is 13.1 Å². The van der Waals surface area contributed by atoms with Crippen LogP contribution >= 0.6 is 11.6 Å². The normalized spacial score (nSPS) is 12.6. The fourth-order valence-corrected chi connectivity index (χ4v) is 2.96. The largest absolute Gasteiger partial charge is 0.397 e. The monoisotopic (exact) mass is 344 g/mol. The minimum Gasteiger partial charge on any atom is -0.397 e. The second-order valence-electron chi connectivity index (χ2n) is 4.61. The molecule has 0 aliphatic rings. The van der Waals surface area contributed by atoms with Crippen molar-refractivity contribution in [3.8, 4) is 0 Å².